The van der Waals surface area contributed by atoms with Crippen LogP contribution in [-0.2, 0) is 10.3 Å². The smallest absolute Gasteiger partial charge is 0.295 e. The molecular weight excluding hydrogens is 426 g/mol. The summed E-state index contributed by atoms with van der Waals surface area (Å²) in [6.07, 6.45) is 11.2. The van der Waals surface area contributed by atoms with Gasteiger partial charge in [0.25, 0.3) is 6.01 Å². The number of allylic oxidation sites excluding steroid dienone is 2. The third-order valence-corrected chi connectivity index (χ3v) is 6.50. The Morgan fingerprint density at radius 2 is 2.12 bits per heavy atom. The molecule has 1 unspecified atom stereocenters. The Labute approximate surface area is 203 Å². The molecule has 2 heterocycles. The zero-order valence-electron chi connectivity index (χ0n) is 21.9. The number of hydrogen-bond acceptors (Lipinski definition) is 5. The van der Waals surface area contributed by atoms with Crippen LogP contribution in [0.15, 0.2) is 35.2 Å². The van der Waals surface area contributed by atoms with Crippen LogP contribution < -0.4 is 10.2 Å². The lowest BCUT2D eigenvalue weighted by Crippen LogP contribution is -2.33. The van der Waals surface area contributed by atoms with E-state index in [9.17, 15) is 4.79 Å². The molecule has 0 aliphatic heterocycles. The minimum absolute atomic E-state index is 0.122. The second kappa shape index (κ2) is 11.2. The number of nitrogens with zero attached hydrogens (tertiary/aromatic N) is 4. The highest BCUT2D eigenvalue weighted by Crippen LogP contribution is 2.32. The molecule has 7 heteroatoms. The minimum atomic E-state index is -0.126. The number of H-pyrrole nitrogens is 1. The molecule has 34 heavy (non-hydrogen) atoms. The van der Waals surface area contributed by atoms with Gasteiger partial charge in [-0.25, -0.2) is 4.99 Å². The maximum absolute atomic E-state index is 12.3. The van der Waals surface area contributed by atoms with Gasteiger partial charge in [-0.15, -0.1) is 0 Å². The van der Waals surface area contributed by atoms with E-state index in [0.717, 1.165) is 42.6 Å². The molecule has 3 rings (SSSR count). The van der Waals surface area contributed by atoms with Crippen LogP contribution in [0, 0.1) is 11.8 Å². The number of ether oxygens (including phenoxy) is 1. The summed E-state index contributed by atoms with van der Waals surface area (Å²) in [5.74, 6) is 0.979. The van der Waals surface area contributed by atoms with Gasteiger partial charge < -0.3 is 4.74 Å². The number of nitrogens with one attached hydrogen (secondary N) is 1. The Morgan fingerprint density at radius 3 is 2.76 bits per heavy atom. The van der Waals surface area contributed by atoms with Gasteiger partial charge in [-0.2, -0.15) is 10.1 Å². The highest BCUT2D eigenvalue weighted by atomic mass is 16.5. The number of aromatic nitrogens is 4. The van der Waals surface area contributed by atoms with E-state index >= 15 is 0 Å². The zero-order chi connectivity index (χ0) is 24.9. The van der Waals surface area contributed by atoms with E-state index in [0.29, 0.717) is 36.0 Å². The second-order valence-electron chi connectivity index (χ2n) is 10.6. The van der Waals surface area contributed by atoms with E-state index in [2.05, 4.69) is 50.8 Å². The first-order valence-corrected chi connectivity index (χ1v) is 12.7. The zero-order valence-corrected chi connectivity index (χ0v) is 21.9. The van der Waals surface area contributed by atoms with Gasteiger partial charge in [0, 0.05) is 42.3 Å². The number of ketones is 1. The monoisotopic (exact) mass is 467 g/mol. The third-order valence-electron chi connectivity index (χ3n) is 6.50. The Morgan fingerprint density at radius 1 is 1.35 bits per heavy atom. The first-order chi connectivity index (χ1) is 16.1. The molecule has 3 atom stereocenters. The van der Waals surface area contributed by atoms with E-state index in [-0.39, 0.29) is 17.6 Å². The van der Waals surface area contributed by atoms with Gasteiger partial charge in [-0.05, 0) is 53.4 Å². The molecule has 1 aliphatic carbocycles. The molecule has 2 aromatic rings. The van der Waals surface area contributed by atoms with Crippen molar-refractivity contribution >= 4 is 5.78 Å². The van der Waals surface area contributed by atoms with E-state index in [4.69, 9.17) is 14.7 Å². The van der Waals surface area contributed by atoms with Crippen molar-refractivity contribution in [3.05, 3.63) is 35.7 Å². The fourth-order valence-electron chi connectivity index (χ4n) is 4.35. The SMILES string of the molecule is CCC/C=C(C)/N=c1/cc(-c2cnn(C(C)(C)C)c2)nc(O[C@H](C)[C@@H]2CC(=O)CC(CC)C2)[nH]1. The number of Topliss-reactive ketones (excluding diaryl/α,β-unsaturated/α-hetero) is 1. The predicted octanol–water partition coefficient (Wildman–Crippen LogP) is 5.80. The van der Waals surface area contributed by atoms with Crippen molar-refractivity contribution in [2.45, 2.75) is 98.6 Å². The highest BCUT2D eigenvalue weighted by Gasteiger charge is 2.31. The number of carbonyl (C=O) groups excluding carboxylic acids is 1. The lowest BCUT2D eigenvalue weighted by atomic mass is 9.77. The van der Waals surface area contributed by atoms with Gasteiger partial charge in [0.15, 0.2) is 0 Å². The fraction of sp³-hybridized carbons (Fsp3) is 0.630. The quantitative estimate of drug-likeness (QED) is 0.532. The largest absolute Gasteiger partial charge is 0.461 e. The van der Waals surface area contributed by atoms with Crippen molar-refractivity contribution in [1.29, 1.82) is 0 Å². The van der Waals surface area contributed by atoms with Gasteiger partial charge in [-0.3, -0.25) is 14.5 Å². The van der Waals surface area contributed by atoms with Crippen LogP contribution in [0.4, 0.5) is 0 Å². The molecule has 1 aliphatic rings. The highest BCUT2D eigenvalue weighted by molar-refractivity contribution is 5.79. The fourth-order valence-corrected chi connectivity index (χ4v) is 4.35. The average Bonchev–Trinajstić information content (AvgIpc) is 3.28. The molecule has 1 saturated carbocycles. The summed E-state index contributed by atoms with van der Waals surface area (Å²) in [4.78, 5) is 25.1. The molecule has 1 fully saturated rings. The Balaban J connectivity index is 1.95. The first kappa shape index (κ1) is 25.9. The summed E-state index contributed by atoms with van der Waals surface area (Å²) >= 11 is 0. The van der Waals surface area contributed by atoms with Crippen LogP contribution in [0.5, 0.6) is 6.01 Å². The second-order valence-corrected chi connectivity index (χ2v) is 10.6. The lowest BCUT2D eigenvalue weighted by Gasteiger charge is -2.31. The molecule has 7 nitrogen and oxygen atoms in total. The summed E-state index contributed by atoms with van der Waals surface area (Å²) in [5.41, 5.74) is 3.18. The molecular formula is C27H41N5O2. The first-order valence-electron chi connectivity index (χ1n) is 12.7. The van der Waals surface area contributed by atoms with Gasteiger partial charge in [0.1, 0.15) is 17.4 Å². The number of unbranched alkanes of at least 4 members (excludes halogenated alkanes) is 1. The molecule has 0 bridgehead atoms. The normalized spacial score (nSPS) is 21.1. The number of rotatable bonds is 8. The lowest BCUT2D eigenvalue weighted by molar-refractivity contribution is -0.124. The number of aromatic amines is 1. The van der Waals surface area contributed by atoms with Gasteiger partial charge in [0.2, 0.25) is 0 Å². The molecule has 2 aromatic heterocycles. The van der Waals surface area contributed by atoms with Crippen LogP contribution in [0.1, 0.15) is 87.0 Å². The van der Waals surface area contributed by atoms with Crippen LogP contribution in [0.3, 0.4) is 0 Å². The van der Waals surface area contributed by atoms with E-state index in [1.54, 1.807) is 0 Å². The van der Waals surface area contributed by atoms with Crippen LogP contribution in [-0.4, -0.2) is 31.6 Å². The summed E-state index contributed by atoms with van der Waals surface area (Å²) in [7, 11) is 0. The molecule has 0 amide bonds. The van der Waals surface area contributed by atoms with Crippen LogP contribution >= 0.6 is 0 Å². The molecule has 0 aromatic carbocycles. The maximum Gasteiger partial charge on any atom is 0.295 e. The van der Waals surface area contributed by atoms with Crippen molar-refractivity contribution in [1.82, 2.24) is 19.7 Å². The number of hydrogen-bond donors (Lipinski definition) is 1. The average molecular weight is 468 g/mol. The Hall–Kier alpha value is -2.70. The van der Waals surface area contributed by atoms with E-state index < -0.39 is 0 Å². The van der Waals surface area contributed by atoms with Crippen LogP contribution in [0.2, 0.25) is 0 Å². The van der Waals surface area contributed by atoms with E-state index in [1.165, 1.54) is 0 Å². The number of carbonyl (C=O) groups is 1. The predicted molar refractivity (Wildman–Crippen MR) is 135 cm³/mol. The third kappa shape index (κ3) is 6.90. The Bertz CT molecular complexity index is 1070. The van der Waals surface area contributed by atoms with Crippen molar-refractivity contribution in [3.8, 4) is 17.3 Å². The van der Waals surface area contributed by atoms with Gasteiger partial charge in [-0.1, -0.05) is 32.8 Å². The summed E-state index contributed by atoms with van der Waals surface area (Å²) in [6, 6.07) is 2.35. The molecule has 0 radical (unpaired) electrons. The standard InChI is InChI=1S/C27H41N5O2/c1-8-10-11-18(3)29-25-15-24(22-16-28-32(17-22)27(5,6)7)30-26(31-25)34-19(4)21-12-20(9-2)13-23(33)14-21/h11,15-17,19-21H,8-10,12-14H2,1-7H3,(H,29,30,31)/b18-11+/t19-,20?,21+/m1/s1. The molecule has 0 saturated heterocycles. The maximum atomic E-state index is 12.3. The molecule has 186 valence electrons. The van der Waals surface area contributed by atoms with Gasteiger partial charge in [0.05, 0.1) is 17.4 Å². The summed E-state index contributed by atoms with van der Waals surface area (Å²) < 4.78 is 8.25. The molecule has 0 spiro atoms. The molecule has 1 N–H and O–H groups in total. The summed E-state index contributed by atoms with van der Waals surface area (Å²) in [6.45, 7) is 14.7. The topological polar surface area (TPSA) is 85.2 Å². The van der Waals surface area contributed by atoms with Crippen molar-refractivity contribution in [2.24, 2.45) is 16.8 Å². The van der Waals surface area contributed by atoms with Gasteiger partial charge >= 0.3 is 0 Å². The Kier molecular flexibility index (Phi) is 8.50. The summed E-state index contributed by atoms with van der Waals surface area (Å²) in [5, 5.41) is 4.53. The minimum Gasteiger partial charge on any atom is -0.461 e. The van der Waals surface area contributed by atoms with Crippen LogP contribution in [0.25, 0.3) is 11.3 Å². The van der Waals surface area contributed by atoms with Crippen molar-refractivity contribution < 1.29 is 9.53 Å². The van der Waals surface area contributed by atoms with Crippen molar-refractivity contribution in [2.75, 3.05) is 0 Å². The van der Waals surface area contributed by atoms with E-state index in [1.807, 2.05) is 37.0 Å². The van der Waals surface area contributed by atoms with Crippen molar-refractivity contribution in [3.63, 3.8) is 0 Å².